The van der Waals surface area contributed by atoms with E-state index >= 15 is 0 Å². The van der Waals surface area contributed by atoms with Crippen LogP contribution in [0.2, 0.25) is 0 Å². The van der Waals surface area contributed by atoms with Gasteiger partial charge in [0, 0.05) is 24.0 Å². The molecule has 0 saturated heterocycles. The van der Waals surface area contributed by atoms with Crippen molar-refractivity contribution in [2.45, 2.75) is 13.5 Å². The molecule has 2 rings (SSSR count). The molecule has 0 saturated carbocycles. The van der Waals surface area contributed by atoms with Gasteiger partial charge in [0.1, 0.15) is 11.6 Å². The normalized spacial score (nSPS) is 10.4. The van der Waals surface area contributed by atoms with Gasteiger partial charge in [0.25, 0.3) is 0 Å². The highest BCUT2D eigenvalue weighted by Gasteiger charge is 2.02. The standard InChI is InChI=1S/C12H15N3O/c1-2-16-11-5-3-9(4-6-11)12-14-8-10(7-13)15-12/h3-6,8H,2,7,13H2,1H3,(H,14,15). The van der Waals surface area contributed by atoms with Crippen molar-refractivity contribution in [1.82, 2.24) is 9.97 Å². The molecule has 0 aliphatic heterocycles. The van der Waals surface area contributed by atoms with Crippen molar-refractivity contribution >= 4 is 0 Å². The van der Waals surface area contributed by atoms with E-state index in [1.807, 2.05) is 31.2 Å². The lowest BCUT2D eigenvalue weighted by atomic mass is 10.2. The van der Waals surface area contributed by atoms with Crippen LogP contribution < -0.4 is 10.5 Å². The summed E-state index contributed by atoms with van der Waals surface area (Å²) in [6.45, 7) is 3.12. The number of nitrogens with two attached hydrogens (primary N) is 1. The smallest absolute Gasteiger partial charge is 0.137 e. The van der Waals surface area contributed by atoms with E-state index in [1.54, 1.807) is 6.20 Å². The summed E-state index contributed by atoms with van der Waals surface area (Å²) in [7, 11) is 0. The van der Waals surface area contributed by atoms with Crippen LogP contribution in [-0.4, -0.2) is 16.6 Å². The van der Waals surface area contributed by atoms with Crippen LogP contribution in [0.15, 0.2) is 30.5 Å². The maximum Gasteiger partial charge on any atom is 0.137 e. The summed E-state index contributed by atoms with van der Waals surface area (Å²) in [5.74, 6) is 1.71. The number of nitrogens with zero attached hydrogens (tertiary/aromatic N) is 1. The second-order valence-corrected chi connectivity index (χ2v) is 3.42. The molecule has 1 aromatic heterocycles. The number of benzene rings is 1. The Morgan fingerprint density at radius 3 is 2.62 bits per heavy atom. The lowest BCUT2D eigenvalue weighted by Crippen LogP contribution is -1.95. The van der Waals surface area contributed by atoms with Crippen LogP contribution in [0.1, 0.15) is 12.6 Å². The van der Waals surface area contributed by atoms with Crippen molar-refractivity contribution in [1.29, 1.82) is 0 Å². The van der Waals surface area contributed by atoms with Crippen LogP contribution in [0.25, 0.3) is 11.4 Å². The molecule has 0 aliphatic carbocycles. The van der Waals surface area contributed by atoms with Crippen molar-refractivity contribution in [3.63, 3.8) is 0 Å². The Bertz CT molecular complexity index is 448. The zero-order valence-corrected chi connectivity index (χ0v) is 9.23. The van der Waals surface area contributed by atoms with Crippen LogP contribution in [-0.2, 0) is 6.54 Å². The Morgan fingerprint density at radius 2 is 2.06 bits per heavy atom. The number of hydrogen-bond donors (Lipinski definition) is 2. The second kappa shape index (κ2) is 4.81. The van der Waals surface area contributed by atoms with Gasteiger partial charge in [-0.3, -0.25) is 0 Å². The third-order valence-corrected chi connectivity index (χ3v) is 2.29. The lowest BCUT2D eigenvalue weighted by Gasteiger charge is -2.03. The Balaban J connectivity index is 2.20. The molecule has 84 valence electrons. The van der Waals surface area contributed by atoms with E-state index in [-0.39, 0.29) is 0 Å². The molecular formula is C12H15N3O. The van der Waals surface area contributed by atoms with Crippen LogP contribution in [0.5, 0.6) is 5.75 Å². The number of H-pyrrole nitrogens is 1. The fourth-order valence-electron chi connectivity index (χ4n) is 1.49. The first kappa shape index (κ1) is 10.7. The zero-order chi connectivity index (χ0) is 11.4. The first-order valence-corrected chi connectivity index (χ1v) is 5.30. The molecule has 4 heteroatoms. The fraction of sp³-hybridized carbons (Fsp3) is 0.250. The number of aromatic nitrogens is 2. The Morgan fingerprint density at radius 1 is 1.31 bits per heavy atom. The van der Waals surface area contributed by atoms with Crippen molar-refractivity contribution < 1.29 is 4.74 Å². The largest absolute Gasteiger partial charge is 0.494 e. The van der Waals surface area contributed by atoms with Gasteiger partial charge >= 0.3 is 0 Å². The topological polar surface area (TPSA) is 63.9 Å². The van der Waals surface area contributed by atoms with Crippen molar-refractivity contribution in [2.75, 3.05) is 6.61 Å². The number of rotatable bonds is 4. The molecular weight excluding hydrogens is 202 g/mol. The Hall–Kier alpha value is -1.81. The third kappa shape index (κ3) is 2.23. The number of nitrogens with one attached hydrogen (secondary N) is 1. The molecule has 0 atom stereocenters. The molecule has 1 aromatic carbocycles. The summed E-state index contributed by atoms with van der Waals surface area (Å²) >= 11 is 0. The molecule has 0 bridgehead atoms. The summed E-state index contributed by atoms with van der Waals surface area (Å²) in [6.07, 6.45) is 1.76. The van der Waals surface area contributed by atoms with Crippen LogP contribution >= 0.6 is 0 Å². The van der Waals surface area contributed by atoms with Gasteiger partial charge in [-0.25, -0.2) is 4.98 Å². The average Bonchev–Trinajstić information content (AvgIpc) is 2.79. The van der Waals surface area contributed by atoms with Gasteiger partial charge in [-0.05, 0) is 31.2 Å². The zero-order valence-electron chi connectivity index (χ0n) is 9.23. The minimum Gasteiger partial charge on any atom is -0.494 e. The van der Waals surface area contributed by atoms with Gasteiger partial charge in [-0.1, -0.05) is 0 Å². The van der Waals surface area contributed by atoms with Gasteiger partial charge in [0.05, 0.1) is 6.61 Å². The summed E-state index contributed by atoms with van der Waals surface area (Å²) in [5, 5.41) is 0. The van der Waals surface area contributed by atoms with Gasteiger partial charge < -0.3 is 15.5 Å². The van der Waals surface area contributed by atoms with E-state index in [0.29, 0.717) is 13.2 Å². The number of imidazole rings is 1. The van der Waals surface area contributed by atoms with E-state index in [0.717, 1.165) is 22.8 Å². The SMILES string of the molecule is CCOc1ccc(-c2ncc(CN)[nH]2)cc1. The van der Waals surface area contributed by atoms with Gasteiger partial charge in [-0.15, -0.1) is 0 Å². The molecule has 4 nitrogen and oxygen atoms in total. The predicted octanol–water partition coefficient (Wildman–Crippen LogP) is 1.93. The number of aromatic amines is 1. The lowest BCUT2D eigenvalue weighted by molar-refractivity contribution is 0.340. The first-order chi connectivity index (χ1) is 7.83. The minimum absolute atomic E-state index is 0.476. The van der Waals surface area contributed by atoms with Gasteiger partial charge in [-0.2, -0.15) is 0 Å². The van der Waals surface area contributed by atoms with Gasteiger partial charge in [0.2, 0.25) is 0 Å². The third-order valence-electron chi connectivity index (χ3n) is 2.29. The Kier molecular flexibility index (Phi) is 3.22. The molecule has 2 aromatic rings. The fourth-order valence-corrected chi connectivity index (χ4v) is 1.49. The van der Waals surface area contributed by atoms with E-state index in [9.17, 15) is 0 Å². The van der Waals surface area contributed by atoms with Crippen molar-refractivity contribution in [3.8, 4) is 17.1 Å². The number of ether oxygens (including phenoxy) is 1. The highest BCUT2D eigenvalue weighted by Crippen LogP contribution is 2.19. The minimum atomic E-state index is 0.476. The molecule has 0 radical (unpaired) electrons. The molecule has 3 N–H and O–H groups in total. The second-order valence-electron chi connectivity index (χ2n) is 3.42. The summed E-state index contributed by atoms with van der Waals surface area (Å²) in [4.78, 5) is 7.41. The molecule has 16 heavy (non-hydrogen) atoms. The highest BCUT2D eigenvalue weighted by atomic mass is 16.5. The molecule has 0 amide bonds. The maximum atomic E-state index is 5.51. The van der Waals surface area contributed by atoms with Crippen molar-refractivity contribution in [2.24, 2.45) is 5.73 Å². The molecule has 0 fully saturated rings. The van der Waals surface area contributed by atoms with E-state index in [2.05, 4.69) is 9.97 Å². The van der Waals surface area contributed by atoms with E-state index < -0.39 is 0 Å². The Labute approximate surface area is 94.5 Å². The molecule has 0 unspecified atom stereocenters. The molecule has 1 heterocycles. The highest BCUT2D eigenvalue weighted by molar-refractivity contribution is 5.56. The average molecular weight is 217 g/mol. The molecule has 0 aliphatic rings. The van der Waals surface area contributed by atoms with Crippen LogP contribution in [0.4, 0.5) is 0 Å². The van der Waals surface area contributed by atoms with E-state index in [1.165, 1.54) is 0 Å². The maximum absolute atomic E-state index is 5.51. The summed E-state index contributed by atoms with van der Waals surface area (Å²) in [5.41, 5.74) is 7.48. The van der Waals surface area contributed by atoms with E-state index in [4.69, 9.17) is 10.5 Å². The monoisotopic (exact) mass is 217 g/mol. The number of hydrogen-bond acceptors (Lipinski definition) is 3. The predicted molar refractivity (Wildman–Crippen MR) is 63.1 cm³/mol. The first-order valence-electron chi connectivity index (χ1n) is 5.30. The quantitative estimate of drug-likeness (QED) is 0.822. The van der Waals surface area contributed by atoms with Crippen LogP contribution in [0.3, 0.4) is 0 Å². The molecule has 0 spiro atoms. The van der Waals surface area contributed by atoms with Crippen LogP contribution in [0, 0.1) is 0 Å². The summed E-state index contributed by atoms with van der Waals surface area (Å²) in [6, 6.07) is 7.82. The summed E-state index contributed by atoms with van der Waals surface area (Å²) < 4.78 is 5.37. The van der Waals surface area contributed by atoms with Crippen molar-refractivity contribution in [3.05, 3.63) is 36.2 Å². The van der Waals surface area contributed by atoms with Gasteiger partial charge in [0.15, 0.2) is 0 Å².